The first kappa shape index (κ1) is 19.1. The van der Waals surface area contributed by atoms with Crippen molar-refractivity contribution in [3.8, 4) is 0 Å². The molecule has 0 radical (unpaired) electrons. The summed E-state index contributed by atoms with van der Waals surface area (Å²) in [5.74, 6) is -0.0478. The molecular formula is C20H24N2O2S. The highest BCUT2D eigenvalue weighted by molar-refractivity contribution is 7.84. The van der Waals surface area contributed by atoms with Gasteiger partial charge in [-0.25, -0.2) is 4.21 Å². The topological polar surface area (TPSA) is 58.5 Å². The molecule has 2 aromatic rings. The van der Waals surface area contributed by atoms with Crippen molar-refractivity contribution in [2.75, 3.05) is 0 Å². The molecule has 0 heterocycles. The first-order valence-corrected chi connectivity index (χ1v) is 9.30. The van der Waals surface area contributed by atoms with E-state index in [1.807, 2.05) is 76.2 Å². The molecule has 0 bridgehead atoms. The van der Waals surface area contributed by atoms with Gasteiger partial charge in [-0.2, -0.15) is 4.40 Å². The highest BCUT2D eigenvalue weighted by Gasteiger charge is 2.24. The van der Waals surface area contributed by atoms with Crippen molar-refractivity contribution in [2.45, 2.75) is 38.6 Å². The Labute approximate surface area is 152 Å². The van der Waals surface area contributed by atoms with Crippen LogP contribution in [0.2, 0.25) is 0 Å². The molecule has 0 fully saturated rings. The van der Waals surface area contributed by atoms with Gasteiger partial charge >= 0.3 is 0 Å². The molecule has 2 rings (SSSR count). The molecule has 2 aromatic carbocycles. The van der Waals surface area contributed by atoms with Crippen LogP contribution in [0.25, 0.3) is 0 Å². The highest BCUT2D eigenvalue weighted by Crippen LogP contribution is 2.23. The van der Waals surface area contributed by atoms with Crippen LogP contribution in [-0.2, 0) is 15.8 Å². The molecule has 4 nitrogen and oxygen atoms in total. The Balaban J connectivity index is 2.21. The predicted octanol–water partition coefficient (Wildman–Crippen LogP) is 4.05. The lowest BCUT2D eigenvalue weighted by Gasteiger charge is -2.23. The van der Waals surface area contributed by atoms with Crippen molar-refractivity contribution in [1.29, 1.82) is 0 Å². The van der Waals surface area contributed by atoms with Crippen LogP contribution in [0.15, 0.2) is 63.9 Å². The van der Waals surface area contributed by atoms with Crippen molar-refractivity contribution in [1.82, 2.24) is 5.32 Å². The van der Waals surface area contributed by atoms with Crippen LogP contribution >= 0.6 is 0 Å². The van der Waals surface area contributed by atoms with Crippen molar-refractivity contribution < 1.29 is 9.00 Å². The van der Waals surface area contributed by atoms with Crippen molar-refractivity contribution >= 4 is 23.1 Å². The van der Waals surface area contributed by atoms with E-state index in [-0.39, 0.29) is 11.9 Å². The summed E-state index contributed by atoms with van der Waals surface area (Å²) in [5, 5.41) is 2.98. The third-order valence-corrected chi connectivity index (χ3v) is 4.74. The number of hydrogen-bond donors (Lipinski definition) is 1. The van der Waals surface area contributed by atoms with Gasteiger partial charge in [0.1, 0.15) is 0 Å². The van der Waals surface area contributed by atoms with Gasteiger partial charge in [0.25, 0.3) is 0 Å². The van der Waals surface area contributed by atoms with Crippen molar-refractivity contribution in [2.24, 2.45) is 9.81 Å². The Morgan fingerprint density at radius 2 is 1.68 bits per heavy atom. The Kier molecular flexibility index (Phi) is 6.26. The molecule has 0 saturated heterocycles. The zero-order chi connectivity index (χ0) is 18.4. The van der Waals surface area contributed by atoms with Crippen LogP contribution in [0.5, 0.6) is 0 Å². The molecule has 132 valence electrons. The number of amides is 1. The van der Waals surface area contributed by atoms with Crippen molar-refractivity contribution in [3.05, 3.63) is 65.7 Å². The number of hydrogen-bond acceptors (Lipinski definition) is 2. The van der Waals surface area contributed by atoms with Crippen LogP contribution in [0.3, 0.4) is 0 Å². The first-order valence-electron chi connectivity index (χ1n) is 8.20. The van der Waals surface area contributed by atoms with E-state index in [4.69, 9.17) is 0 Å². The fourth-order valence-corrected chi connectivity index (χ4v) is 3.17. The molecule has 0 aliphatic carbocycles. The van der Waals surface area contributed by atoms with Gasteiger partial charge in [0, 0.05) is 11.6 Å². The second kappa shape index (κ2) is 8.21. The van der Waals surface area contributed by atoms with Crippen LogP contribution in [-0.4, -0.2) is 16.3 Å². The van der Waals surface area contributed by atoms with Crippen molar-refractivity contribution in [3.63, 3.8) is 0 Å². The largest absolute Gasteiger partial charge is 0.349 e. The molecule has 0 aliphatic rings. The van der Waals surface area contributed by atoms with Gasteiger partial charge in [-0.05, 0) is 24.1 Å². The molecule has 1 N–H and O–H groups in total. The van der Waals surface area contributed by atoms with Gasteiger partial charge < -0.3 is 5.32 Å². The maximum atomic E-state index is 12.6. The molecule has 1 amide bonds. The van der Waals surface area contributed by atoms with Gasteiger partial charge in [-0.15, -0.1) is 0 Å². The van der Waals surface area contributed by atoms with Crippen LogP contribution in [0.1, 0.15) is 44.9 Å². The molecule has 2 atom stereocenters. The highest BCUT2D eigenvalue weighted by atomic mass is 32.2. The smallest absolute Gasteiger partial charge is 0.225 e. The fourth-order valence-electron chi connectivity index (χ4n) is 2.19. The van der Waals surface area contributed by atoms with E-state index >= 15 is 0 Å². The maximum Gasteiger partial charge on any atom is 0.225 e. The molecule has 25 heavy (non-hydrogen) atoms. The van der Waals surface area contributed by atoms with E-state index < -0.39 is 16.4 Å². The Hall–Kier alpha value is -2.27. The minimum Gasteiger partial charge on any atom is -0.349 e. The Morgan fingerprint density at radius 3 is 2.32 bits per heavy atom. The lowest BCUT2D eigenvalue weighted by atomic mass is 9.94. The monoisotopic (exact) mass is 356 g/mol. The van der Waals surface area contributed by atoms with Gasteiger partial charge in [0.2, 0.25) is 5.91 Å². The van der Waals surface area contributed by atoms with Crippen LogP contribution in [0, 0.1) is 5.41 Å². The van der Waals surface area contributed by atoms with Gasteiger partial charge in [0.05, 0.1) is 10.9 Å². The molecule has 0 aromatic heterocycles. The predicted molar refractivity (Wildman–Crippen MR) is 103 cm³/mol. The molecule has 0 aliphatic heterocycles. The fraction of sp³-hybridized carbons (Fsp3) is 0.300. The standard InChI is InChI=1S/C20H24N2O2S/c1-15(22-19(23)20(2,3)4)17-12-8-9-13-18(17)25(24)21-14-16-10-6-5-7-11-16/h5-15H,1-4H3,(H,22,23)/b21-14+/t15-,25-/m1/s1. The number of nitrogens with zero attached hydrogens (tertiary/aromatic N) is 1. The van der Waals surface area contributed by atoms with E-state index in [1.165, 1.54) is 0 Å². The molecule has 0 spiro atoms. The lowest BCUT2D eigenvalue weighted by Crippen LogP contribution is -2.36. The van der Waals surface area contributed by atoms with E-state index in [0.717, 1.165) is 11.1 Å². The second-order valence-corrected chi connectivity index (χ2v) is 8.03. The van der Waals surface area contributed by atoms with Crippen LogP contribution in [0.4, 0.5) is 0 Å². The summed E-state index contributed by atoms with van der Waals surface area (Å²) in [4.78, 5) is 12.8. The quantitative estimate of drug-likeness (QED) is 0.822. The van der Waals surface area contributed by atoms with Gasteiger partial charge in [0.15, 0.2) is 11.0 Å². The third-order valence-electron chi connectivity index (χ3n) is 3.70. The second-order valence-electron chi connectivity index (χ2n) is 6.88. The average Bonchev–Trinajstić information content (AvgIpc) is 2.59. The third kappa shape index (κ3) is 5.36. The summed E-state index contributed by atoms with van der Waals surface area (Å²) in [7, 11) is -1.53. The van der Waals surface area contributed by atoms with Gasteiger partial charge in [-0.3, -0.25) is 4.79 Å². The molecule has 0 unspecified atom stereocenters. The first-order chi connectivity index (χ1) is 11.8. The van der Waals surface area contributed by atoms with Crippen LogP contribution < -0.4 is 5.32 Å². The van der Waals surface area contributed by atoms with Gasteiger partial charge in [-0.1, -0.05) is 69.3 Å². The summed E-state index contributed by atoms with van der Waals surface area (Å²) in [6.45, 7) is 7.48. The zero-order valence-electron chi connectivity index (χ0n) is 15.0. The number of nitrogens with one attached hydrogen (secondary N) is 1. The number of benzene rings is 2. The number of carbonyl (C=O) groups excluding carboxylic acids is 1. The Bertz CT molecular complexity index is 780. The number of rotatable bonds is 5. The lowest BCUT2D eigenvalue weighted by molar-refractivity contribution is -0.129. The minimum absolute atomic E-state index is 0.0478. The molecular weight excluding hydrogens is 332 g/mol. The van der Waals surface area contributed by atoms with E-state index in [9.17, 15) is 9.00 Å². The number of carbonyl (C=O) groups is 1. The summed E-state index contributed by atoms with van der Waals surface area (Å²) in [5.41, 5.74) is 1.22. The zero-order valence-corrected chi connectivity index (χ0v) is 15.8. The normalized spacial score (nSPS) is 14.2. The van der Waals surface area contributed by atoms with E-state index in [2.05, 4.69) is 9.71 Å². The minimum atomic E-state index is -1.53. The summed E-state index contributed by atoms with van der Waals surface area (Å²) in [6, 6.07) is 16.6. The summed E-state index contributed by atoms with van der Waals surface area (Å²) in [6.07, 6.45) is 1.60. The van der Waals surface area contributed by atoms with E-state index in [1.54, 1.807) is 12.3 Å². The summed E-state index contributed by atoms with van der Waals surface area (Å²) >= 11 is 0. The Morgan fingerprint density at radius 1 is 1.08 bits per heavy atom. The summed E-state index contributed by atoms with van der Waals surface area (Å²) < 4.78 is 16.8. The maximum absolute atomic E-state index is 12.6. The van der Waals surface area contributed by atoms with E-state index in [0.29, 0.717) is 4.90 Å². The SMILES string of the molecule is C[C@@H](NC(=O)C(C)(C)C)c1ccccc1[S@@](=O)/N=C/c1ccccc1. The molecule has 5 heteroatoms. The molecule has 0 saturated carbocycles. The average molecular weight is 356 g/mol.